The van der Waals surface area contributed by atoms with Gasteiger partial charge in [0.1, 0.15) is 5.82 Å². The van der Waals surface area contributed by atoms with Crippen LogP contribution in [-0.4, -0.2) is 38.2 Å². The summed E-state index contributed by atoms with van der Waals surface area (Å²) in [5.74, 6) is 0.888. The molecule has 0 fully saturated rings. The number of rotatable bonds is 8. The van der Waals surface area contributed by atoms with E-state index >= 15 is 0 Å². The van der Waals surface area contributed by atoms with Crippen LogP contribution in [0.15, 0.2) is 27.9 Å². The summed E-state index contributed by atoms with van der Waals surface area (Å²) in [6.07, 6.45) is 0.962. The van der Waals surface area contributed by atoms with Gasteiger partial charge < -0.3 is 10.6 Å². The molecule has 150 valence electrons. The molecule has 3 aromatic heterocycles. The number of nitrogens with one attached hydrogen (secondary N) is 2. The second-order valence-corrected chi connectivity index (χ2v) is 10.5. The summed E-state index contributed by atoms with van der Waals surface area (Å²) < 4.78 is 2.47. The van der Waals surface area contributed by atoms with Gasteiger partial charge in [0.25, 0.3) is 0 Å². The van der Waals surface area contributed by atoms with Crippen LogP contribution in [0.1, 0.15) is 31.3 Å². The molecule has 0 bridgehead atoms. The highest BCUT2D eigenvalue weighted by atomic mass is 32.2. The summed E-state index contributed by atoms with van der Waals surface area (Å²) in [6.45, 7) is 7.10. The second-order valence-electron chi connectivity index (χ2n) is 7.25. The first-order valence-corrected chi connectivity index (χ1v) is 11.6. The zero-order chi connectivity index (χ0) is 20.1. The van der Waals surface area contributed by atoms with E-state index in [-0.39, 0.29) is 17.1 Å². The van der Waals surface area contributed by atoms with Crippen LogP contribution < -0.4 is 10.6 Å². The number of carbonyl (C=O) groups is 1. The van der Waals surface area contributed by atoms with Crippen LogP contribution in [0, 0.1) is 0 Å². The third kappa shape index (κ3) is 5.79. The molecular formula is C18H24N6OS3. The van der Waals surface area contributed by atoms with E-state index < -0.39 is 0 Å². The van der Waals surface area contributed by atoms with E-state index in [1.165, 1.54) is 28.0 Å². The molecule has 1 amide bonds. The van der Waals surface area contributed by atoms with Gasteiger partial charge in [-0.3, -0.25) is 9.48 Å². The van der Waals surface area contributed by atoms with E-state index in [0.29, 0.717) is 5.82 Å². The molecule has 7 nitrogen and oxygen atoms in total. The fraction of sp³-hybridized carbons (Fsp3) is 0.444. The van der Waals surface area contributed by atoms with Gasteiger partial charge in [-0.15, -0.1) is 21.5 Å². The van der Waals surface area contributed by atoms with Crippen LogP contribution in [0.25, 0.3) is 0 Å². The molecule has 0 radical (unpaired) electrons. The van der Waals surface area contributed by atoms with Crippen LogP contribution in [0.5, 0.6) is 0 Å². The lowest BCUT2D eigenvalue weighted by molar-refractivity contribution is -0.113. The van der Waals surface area contributed by atoms with Crippen LogP contribution in [0.4, 0.5) is 10.9 Å². The van der Waals surface area contributed by atoms with E-state index in [9.17, 15) is 4.79 Å². The van der Waals surface area contributed by atoms with Crippen molar-refractivity contribution in [1.29, 1.82) is 0 Å². The average molecular weight is 437 g/mol. The number of nitrogens with zero attached hydrogens (tertiary/aromatic N) is 4. The maximum Gasteiger partial charge on any atom is 0.235 e. The Morgan fingerprint density at radius 3 is 2.82 bits per heavy atom. The third-order valence-corrected chi connectivity index (χ3v) is 6.83. The number of amides is 1. The van der Waals surface area contributed by atoms with Gasteiger partial charge in [-0.05, 0) is 17.9 Å². The molecule has 0 atom stereocenters. The highest BCUT2D eigenvalue weighted by molar-refractivity contribution is 8.01. The number of aryl methyl sites for hydroxylation is 1. The van der Waals surface area contributed by atoms with Gasteiger partial charge in [0.05, 0.1) is 11.4 Å². The average Bonchev–Trinajstić information content (AvgIpc) is 3.35. The predicted molar refractivity (Wildman–Crippen MR) is 118 cm³/mol. The number of thiophene rings is 1. The smallest absolute Gasteiger partial charge is 0.235 e. The van der Waals surface area contributed by atoms with Crippen LogP contribution in [-0.2, 0) is 23.7 Å². The van der Waals surface area contributed by atoms with Crippen molar-refractivity contribution in [3.05, 3.63) is 34.2 Å². The van der Waals surface area contributed by atoms with Crippen molar-refractivity contribution in [2.75, 3.05) is 22.9 Å². The largest absolute Gasteiger partial charge is 0.360 e. The monoisotopic (exact) mass is 436 g/mol. The molecule has 10 heteroatoms. The van der Waals surface area contributed by atoms with E-state index in [4.69, 9.17) is 0 Å². The molecule has 3 heterocycles. The second kappa shape index (κ2) is 9.06. The minimum Gasteiger partial charge on any atom is -0.360 e. The Morgan fingerprint density at radius 1 is 1.32 bits per heavy atom. The predicted octanol–water partition coefficient (Wildman–Crippen LogP) is 4.02. The fourth-order valence-electron chi connectivity index (χ4n) is 2.34. The molecular weight excluding hydrogens is 412 g/mol. The summed E-state index contributed by atoms with van der Waals surface area (Å²) in [5.41, 5.74) is 0.884. The molecule has 28 heavy (non-hydrogen) atoms. The van der Waals surface area contributed by atoms with Gasteiger partial charge in [0, 0.05) is 30.0 Å². The molecule has 0 spiro atoms. The van der Waals surface area contributed by atoms with Gasteiger partial charge in [-0.1, -0.05) is 49.9 Å². The van der Waals surface area contributed by atoms with Crippen molar-refractivity contribution in [3.8, 4) is 0 Å². The molecule has 3 rings (SSSR count). The van der Waals surface area contributed by atoms with Crippen molar-refractivity contribution in [2.45, 2.75) is 36.9 Å². The number of thioether (sulfide) groups is 1. The highest BCUT2D eigenvalue weighted by Crippen LogP contribution is 2.26. The van der Waals surface area contributed by atoms with Crippen molar-refractivity contribution in [3.63, 3.8) is 0 Å². The minimum atomic E-state index is -0.0872. The minimum absolute atomic E-state index is 0.0606. The number of aromatic nitrogens is 4. The normalized spacial score (nSPS) is 11.6. The van der Waals surface area contributed by atoms with Gasteiger partial charge >= 0.3 is 0 Å². The third-order valence-electron chi connectivity index (χ3n) is 3.88. The molecule has 3 aromatic rings. The van der Waals surface area contributed by atoms with Crippen LogP contribution in [0.3, 0.4) is 0 Å². The van der Waals surface area contributed by atoms with Crippen molar-refractivity contribution in [2.24, 2.45) is 7.05 Å². The lowest BCUT2D eigenvalue weighted by atomic mass is 9.92. The van der Waals surface area contributed by atoms with Gasteiger partial charge in [-0.2, -0.15) is 5.10 Å². The number of hydrogen-bond donors (Lipinski definition) is 2. The molecule has 0 saturated carbocycles. The maximum atomic E-state index is 12.3. The van der Waals surface area contributed by atoms with Crippen molar-refractivity contribution in [1.82, 2.24) is 20.0 Å². The zero-order valence-electron chi connectivity index (χ0n) is 16.4. The molecule has 0 aromatic carbocycles. The lowest BCUT2D eigenvalue weighted by Crippen LogP contribution is -2.16. The molecule has 2 N–H and O–H groups in total. The standard InChI is InChI=1S/C18H24N6OS3/c1-18(2,3)13-10-14(24(4)23-13)20-15(25)11-27-17-22-21-16(28-17)19-8-7-12-6-5-9-26-12/h5-6,9-10H,7-8,11H2,1-4H3,(H,19,21)(H,20,25). The Bertz CT molecular complexity index is 910. The van der Waals surface area contributed by atoms with Crippen LogP contribution >= 0.6 is 34.4 Å². The van der Waals surface area contributed by atoms with Gasteiger partial charge in [0.2, 0.25) is 11.0 Å². The van der Waals surface area contributed by atoms with E-state index in [0.717, 1.165) is 28.1 Å². The fourth-order valence-corrected chi connectivity index (χ4v) is 4.63. The first-order chi connectivity index (χ1) is 13.3. The number of hydrogen-bond acceptors (Lipinski definition) is 8. The maximum absolute atomic E-state index is 12.3. The molecule has 0 saturated heterocycles. The summed E-state index contributed by atoms with van der Waals surface area (Å²) in [6, 6.07) is 6.10. The topological polar surface area (TPSA) is 84.7 Å². The molecule has 0 aliphatic heterocycles. The Balaban J connectivity index is 1.45. The van der Waals surface area contributed by atoms with E-state index in [2.05, 4.69) is 64.2 Å². The first-order valence-electron chi connectivity index (χ1n) is 8.88. The SMILES string of the molecule is Cn1nc(C(C)(C)C)cc1NC(=O)CSc1nnc(NCCc2cccs2)s1. The summed E-state index contributed by atoms with van der Waals surface area (Å²) in [7, 11) is 1.83. The lowest BCUT2D eigenvalue weighted by Gasteiger charge is -2.13. The number of carbonyl (C=O) groups excluding carboxylic acids is 1. The van der Waals surface area contributed by atoms with E-state index in [1.807, 2.05) is 13.1 Å². The summed E-state index contributed by atoms with van der Waals surface area (Å²) >= 11 is 4.60. The Morgan fingerprint density at radius 2 is 2.14 bits per heavy atom. The Hall–Kier alpha value is -1.91. The summed E-state index contributed by atoms with van der Waals surface area (Å²) in [5, 5.41) is 21.8. The zero-order valence-corrected chi connectivity index (χ0v) is 18.8. The Kier molecular flexibility index (Phi) is 6.73. The first kappa shape index (κ1) is 20.8. The highest BCUT2D eigenvalue weighted by Gasteiger charge is 2.19. The van der Waals surface area contributed by atoms with Crippen molar-refractivity contribution >= 4 is 51.3 Å². The number of anilines is 2. The Labute approximate surface area is 177 Å². The van der Waals surface area contributed by atoms with E-state index in [1.54, 1.807) is 16.0 Å². The molecule has 0 aliphatic carbocycles. The molecule has 0 unspecified atom stereocenters. The molecule has 0 aliphatic rings. The van der Waals surface area contributed by atoms with Crippen molar-refractivity contribution < 1.29 is 4.79 Å². The quantitative estimate of drug-likeness (QED) is 0.519. The van der Waals surface area contributed by atoms with Gasteiger partial charge in [0.15, 0.2) is 4.34 Å². The van der Waals surface area contributed by atoms with Crippen LogP contribution in [0.2, 0.25) is 0 Å². The van der Waals surface area contributed by atoms with Gasteiger partial charge in [-0.25, -0.2) is 0 Å². The summed E-state index contributed by atoms with van der Waals surface area (Å²) in [4.78, 5) is 13.6.